The van der Waals surface area contributed by atoms with E-state index in [4.69, 9.17) is 14.2 Å². The van der Waals surface area contributed by atoms with Crippen molar-refractivity contribution in [2.75, 3.05) is 66.3 Å². The van der Waals surface area contributed by atoms with Crippen molar-refractivity contribution in [2.45, 2.75) is 19.8 Å². The number of nitrogens with one attached hydrogen (secondary N) is 2. The van der Waals surface area contributed by atoms with Crippen LogP contribution < -0.4 is 10.6 Å². The fourth-order valence-corrected chi connectivity index (χ4v) is 1.37. The van der Waals surface area contributed by atoms with Gasteiger partial charge in [0, 0.05) is 13.2 Å². The molecule has 0 bridgehead atoms. The minimum atomic E-state index is 0.653. The fourth-order valence-electron chi connectivity index (χ4n) is 1.37. The Balaban J connectivity index is 2.86. The number of ether oxygens (including phenoxy) is 3. The number of hydrogen-bond donors (Lipinski definition) is 2. The molecule has 0 saturated carbocycles. The van der Waals surface area contributed by atoms with E-state index in [0.29, 0.717) is 26.4 Å². The molecule has 0 radical (unpaired) electrons. The molecule has 0 aliphatic carbocycles. The number of rotatable bonds is 15. The van der Waals surface area contributed by atoms with E-state index in [1.165, 1.54) is 0 Å². The van der Waals surface area contributed by atoms with Gasteiger partial charge in [-0.3, -0.25) is 0 Å². The lowest BCUT2D eigenvalue weighted by Crippen LogP contribution is -2.16. The first kappa shape index (κ1) is 17.8. The number of hydrogen-bond acceptors (Lipinski definition) is 5. The maximum absolute atomic E-state index is 5.43. The molecule has 0 aliphatic rings. The Labute approximate surface area is 112 Å². The van der Waals surface area contributed by atoms with Crippen LogP contribution in [0.2, 0.25) is 0 Å². The second kappa shape index (κ2) is 16.8. The maximum Gasteiger partial charge on any atom is 0.0701 e. The minimum absolute atomic E-state index is 0.653. The van der Waals surface area contributed by atoms with Crippen LogP contribution in [0.15, 0.2) is 0 Å². The molecule has 0 fully saturated rings. The molecule has 5 heteroatoms. The van der Waals surface area contributed by atoms with Crippen molar-refractivity contribution < 1.29 is 14.2 Å². The summed E-state index contributed by atoms with van der Waals surface area (Å²) in [5.41, 5.74) is 0. The molecule has 5 nitrogen and oxygen atoms in total. The van der Waals surface area contributed by atoms with E-state index < -0.39 is 0 Å². The van der Waals surface area contributed by atoms with Crippen LogP contribution >= 0.6 is 0 Å². The van der Waals surface area contributed by atoms with Gasteiger partial charge in [0.15, 0.2) is 0 Å². The van der Waals surface area contributed by atoms with E-state index in [1.807, 2.05) is 7.05 Å². The van der Waals surface area contributed by atoms with Crippen LogP contribution in [0.4, 0.5) is 0 Å². The van der Waals surface area contributed by atoms with Crippen LogP contribution in [0.3, 0.4) is 0 Å². The monoisotopic (exact) mass is 262 g/mol. The van der Waals surface area contributed by atoms with Gasteiger partial charge in [0.25, 0.3) is 0 Å². The summed E-state index contributed by atoms with van der Waals surface area (Å²) < 4.78 is 16.2. The molecular formula is C13H30N2O3. The predicted octanol–water partition coefficient (Wildman–Crippen LogP) is 0.645. The molecule has 0 heterocycles. The Morgan fingerprint density at radius 1 is 0.722 bits per heavy atom. The van der Waals surface area contributed by atoms with Gasteiger partial charge in [-0.15, -0.1) is 0 Å². The third-order valence-electron chi connectivity index (χ3n) is 2.35. The molecule has 0 aromatic heterocycles. The molecule has 0 saturated heterocycles. The highest BCUT2D eigenvalue weighted by Gasteiger charge is 1.92. The third kappa shape index (κ3) is 15.8. The van der Waals surface area contributed by atoms with Crippen molar-refractivity contribution in [3.8, 4) is 0 Å². The summed E-state index contributed by atoms with van der Waals surface area (Å²) in [4.78, 5) is 0. The summed E-state index contributed by atoms with van der Waals surface area (Å²) in [5.74, 6) is 0. The Morgan fingerprint density at radius 2 is 1.22 bits per heavy atom. The lowest BCUT2D eigenvalue weighted by atomic mass is 10.4. The van der Waals surface area contributed by atoms with Crippen molar-refractivity contribution in [1.29, 1.82) is 0 Å². The molecule has 18 heavy (non-hydrogen) atoms. The standard InChI is InChI=1S/C13H30N2O3/c1-3-15-7-5-9-17-11-13-18-12-10-16-8-4-6-14-2/h14-15H,3-13H2,1-2H3. The van der Waals surface area contributed by atoms with Crippen LogP contribution in [0.5, 0.6) is 0 Å². The van der Waals surface area contributed by atoms with Crippen LogP contribution in [0, 0.1) is 0 Å². The van der Waals surface area contributed by atoms with Gasteiger partial charge < -0.3 is 24.8 Å². The van der Waals surface area contributed by atoms with Gasteiger partial charge in [-0.05, 0) is 39.5 Å². The van der Waals surface area contributed by atoms with Crippen molar-refractivity contribution in [3.05, 3.63) is 0 Å². The molecule has 0 spiro atoms. The fraction of sp³-hybridized carbons (Fsp3) is 1.00. The van der Waals surface area contributed by atoms with Crippen LogP contribution in [0.25, 0.3) is 0 Å². The van der Waals surface area contributed by atoms with Gasteiger partial charge in [0.2, 0.25) is 0 Å². The zero-order valence-corrected chi connectivity index (χ0v) is 12.0. The molecule has 0 amide bonds. The summed E-state index contributed by atoms with van der Waals surface area (Å²) in [6, 6.07) is 0. The van der Waals surface area contributed by atoms with Crippen LogP contribution in [-0.4, -0.2) is 66.3 Å². The van der Waals surface area contributed by atoms with Gasteiger partial charge in [-0.25, -0.2) is 0 Å². The smallest absolute Gasteiger partial charge is 0.0701 e. The highest BCUT2D eigenvalue weighted by atomic mass is 16.5. The average Bonchev–Trinajstić information content (AvgIpc) is 2.39. The van der Waals surface area contributed by atoms with E-state index in [-0.39, 0.29) is 0 Å². The van der Waals surface area contributed by atoms with Crippen molar-refractivity contribution in [1.82, 2.24) is 10.6 Å². The molecule has 0 rings (SSSR count). The van der Waals surface area contributed by atoms with Crippen LogP contribution in [0.1, 0.15) is 19.8 Å². The quantitative estimate of drug-likeness (QED) is 0.424. The van der Waals surface area contributed by atoms with E-state index >= 15 is 0 Å². The highest BCUT2D eigenvalue weighted by molar-refractivity contribution is 4.43. The normalized spacial score (nSPS) is 11.0. The summed E-state index contributed by atoms with van der Waals surface area (Å²) >= 11 is 0. The molecule has 0 atom stereocenters. The van der Waals surface area contributed by atoms with E-state index in [0.717, 1.165) is 45.7 Å². The summed E-state index contributed by atoms with van der Waals surface area (Å²) in [7, 11) is 1.95. The Hall–Kier alpha value is -0.200. The Kier molecular flexibility index (Phi) is 16.6. The second-order valence-corrected chi connectivity index (χ2v) is 4.00. The third-order valence-corrected chi connectivity index (χ3v) is 2.35. The second-order valence-electron chi connectivity index (χ2n) is 4.00. The van der Waals surface area contributed by atoms with Gasteiger partial charge >= 0.3 is 0 Å². The van der Waals surface area contributed by atoms with Crippen molar-refractivity contribution in [2.24, 2.45) is 0 Å². The first-order valence-corrected chi connectivity index (χ1v) is 7.00. The average molecular weight is 262 g/mol. The molecule has 0 unspecified atom stereocenters. The molecule has 0 aromatic rings. The van der Waals surface area contributed by atoms with Crippen LogP contribution in [-0.2, 0) is 14.2 Å². The van der Waals surface area contributed by atoms with Crippen molar-refractivity contribution in [3.63, 3.8) is 0 Å². The Bertz CT molecular complexity index is 132. The summed E-state index contributed by atoms with van der Waals surface area (Å²) in [6.45, 7) is 9.41. The molecule has 0 aliphatic heterocycles. The first-order chi connectivity index (χ1) is 8.91. The van der Waals surface area contributed by atoms with Gasteiger partial charge in [0.05, 0.1) is 26.4 Å². The zero-order chi connectivity index (χ0) is 13.3. The van der Waals surface area contributed by atoms with E-state index in [1.54, 1.807) is 0 Å². The van der Waals surface area contributed by atoms with E-state index in [9.17, 15) is 0 Å². The van der Waals surface area contributed by atoms with Gasteiger partial charge in [0.1, 0.15) is 0 Å². The predicted molar refractivity (Wildman–Crippen MR) is 74.2 cm³/mol. The SMILES string of the molecule is CCNCCCOCCOCCOCCCNC. The first-order valence-electron chi connectivity index (χ1n) is 7.00. The lowest BCUT2D eigenvalue weighted by molar-refractivity contribution is 0.0139. The Morgan fingerprint density at radius 3 is 1.72 bits per heavy atom. The molecule has 2 N–H and O–H groups in total. The highest BCUT2D eigenvalue weighted by Crippen LogP contribution is 1.85. The minimum Gasteiger partial charge on any atom is -0.379 e. The molecular weight excluding hydrogens is 232 g/mol. The zero-order valence-electron chi connectivity index (χ0n) is 12.0. The van der Waals surface area contributed by atoms with Gasteiger partial charge in [-0.1, -0.05) is 6.92 Å². The summed E-state index contributed by atoms with van der Waals surface area (Å²) in [6.07, 6.45) is 2.10. The lowest BCUT2D eigenvalue weighted by Gasteiger charge is -2.07. The largest absolute Gasteiger partial charge is 0.379 e. The van der Waals surface area contributed by atoms with Gasteiger partial charge in [-0.2, -0.15) is 0 Å². The topological polar surface area (TPSA) is 51.8 Å². The van der Waals surface area contributed by atoms with Crippen molar-refractivity contribution >= 4 is 0 Å². The summed E-state index contributed by atoms with van der Waals surface area (Å²) in [5, 5.41) is 6.33. The maximum atomic E-state index is 5.43. The molecule has 0 aromatic carbocycles. The molecule has 110 valence electrons. The van der Waals surface area contributed by atoms with E-state index in [2.05, 4.69) is 17.6 Å².